The quantitative estimate of drug-likeness (QED) is 0.604. The fraction of sp³-hybridized carbons (Fsp3) is 0.778. The molecule has 0 amide bonds. The monoisotopic (exact) mass is 154 g/mol. The van der Waals surface area contributed by atoms with Crippen LogP contribution in [0, 0.1) is 0 Å². The Labute approximate surface area is 69.3 Å². The van der Waals surface area contributed by atoms with Crippen LogP contribution in [0.4, 0.5) is 0 Å². The lowest BCUT2D eigenvalue weighted by Crippen LogP contribution is -2.32. The highest BCUT2D eigenvalue weighted by Crippen LogP contribution is 2.07. The van der Waals surface area contributed by atoms with Gasteiger partial charge in [0.05, 0.1) is 0 Å². The third kappa shape index (κ3) is 2.64. The topological polar surface area (TPSA) is 15.3 Å². The van der Waals surface area contributed by atoms with Gasteiger partial charge in [0.25, 0.3) is 0 Å². The van der Waals surface area contributed by atoms with E-state index in [9.17, 15) is 0 Å². The van der Waals surface area contributed by atoms with Crippen LogP contribution in [0.15, 0.2) is 12.7 Å². The van der Waals surface area contributed by atoms with Crippen LogP contribution in [0.5, 0.6) is 0 Å². The molecule has 1 atom stereocenters. The summed E-state index contributed by atoms with van der Waals surface area (Å²) >= 11 is 0. The number of likely N-dealkylation sites (N-methyl/N-ethyl adjacent to an activating group) is 1. The molecule has 0 aromatic heterocycles. The number of rotatable bonds is 4. The van der Waals surface area contributed by atoms with E-state index in [1.807, 2.05) is 6.08 Å². The number of nitrogens with one attached hydrogen (secondary N) is 1. The smallest absolute Gasteiger partial charge is 0.0210 e. The maximum absolute atomic E-state index is 3.68. The average Bonchev–Trinajstić information content (AvgIpc) is 2.48. The zero-order valence-corrected chi connectivity index (χ0v) is 7.34. The molecule has 2 heteroatoms. The van der Waals surface area contributed by atoms with Crippen LogP contribution in [0.3, 0.4) is 0 Å². The summed E-state index contributed by atoms with van der Waals surface area (Å²) in [4.78, 5) is 2.47. The Hall–Kier alpha value is -0.340. The third-order valence-electron chi connectivity index (χ3n) is 2.27. The normalized spacial score (nSPS) is 25.7. The lowest BCUT2D eigenvalue weighted by molar-refractivity contribution is 0.347. The first-order chi connectivity index (χ1) is 5.36. The number of hydrogen-bond acceptors (Lipinski definition) is 2. The van der Waals surface area contributed by atoms with Crippen LogP contribution in [0.2, 0.25) is 0 Å². The van der Waals surface area contributed by atoms with Gasteiger partial charge < -0.3 is 10.2 Å². The van der Waals surface area contributed by atoms with E-state index in [2.05, 4.69) is 23.7 Å². The van der Waals surface area contributed by atoms with E-state index in [0.29, 0.717) is 6.04 Å². The molecule has 2 nitrogen and oxygen atoms in total. The van der Waals surface area contributed by atoms with Gasteiger partial charge in [-0.05, 0) is 19.5 Å². The van der Waals surface area contributed by atoms with Gasteiger partial charge in [-0.3, -0.25) is 0 Å². The van der Waals surface area contributed by atoms with E-state index in [-0.39, 0.29) is 0 Å². The molecule has 1 N–H and O–H groups in total. The fourth-order valence-corrected chi connectivity index (χ4v) is 1.54. The Morgan fingerprint density at radius 3 is 3.09 bits per heavy atom. The van der Waals surface area contributed by atoms with Crippen LogP contribution < -0.4 is 5.32 Å². The number of hydrogen-bond donors (Lipinski definition) is 1. The summed E-state index contributed by atoms with van der Waals surface area (Å²) in [5.74, 6) is 0. The van der Waals surface area contributed by atoms with Crippen LogP contribution in [-0.4, -0.2) is 37.1 Å². The van der Waals surface area contributed by atoms with Gasteiger partial charge in [0.1, 0.15) is 0 Å². The Bertz CT molecular complexity index is 123. The van der Waals surface area contributed by atoms with Crippen LogP contribution in [-0.2, 0) is 0 Å². The molecule has 0 bridgehead atoms. The average molecular weight is 154 g/mol. The van der Waals surface area contributed by atoms with Crippen molar-refractivity contribution < 1.29 is 0 Å². The first kappa shape index (κ1) is 8.75. The molecule has 0 aromatic rings. The maximum atomic E-state index is 3.68. The van der Waals surface area contributed by atoms with E-state index in [1.165, 1.54) is 26.1 Å². The zero-order chi connectivity index (χ0) is 8.10. The maximum Gasteiger partial charge on any atom is 0.0210 e. The highest BCUT2D eigenvalue weighted by atomic mass is 15.2. The minimum absolute atomic E-state index is 0.702. The molecule has 0 aromatic carbocycles. The highest BCUT2D eigenvalue weighted by molar-refractivity contribution is 4.82. The van der Waals surface area contributed by atoms with Crippen LogP contribution in [0.1, 0.15) is 13.3 Å². The van der Waals surface area contributed by atoms with Crippen molar-refractivity contribution >= 4 is 0 Å². The van der Waals surface area contributed by atoms with E-state index in [0.717, 1.165) is 6.54 Å². The van der Waals surface area contributed by atoms with Crippen molar-refractivity contribution in [1.29, 1.82) is 0 Å². The predicted molar refractivity (Wildman–Crippen MR) is 48.7 cm³/mol. The Morgan fingerprint density at radius 1 is 1.73 bits per heavy atom. The number of nitrogens with zero attached hydrogens (tertiary/aromatic N) is 1. The summed E-state index contributed by atoms with van der Waals surface area (Å²) in [5, 5.41) is 3.44. The largest absolute Gasteiger partial charge is 0.309 e. The first-order valence-corrected chi connectivity index (χ1v) is 4.43. The van der Waals surface area contributed by atoms with Crippen molar-refractivity contribution in [3.8, 4) is 0 Å². The van der Waals surface area contributed by atoms with Crippen molar-refractivity contribution in [2.45, 2.75) is 19.4 Å². The predicted octanol–water partition coefficient (Wildman–Crippen LogP) is 0.856. The molecule has 64 valence electrons. The van der Waals surface area contributed by atoms with Gasteiger partial charge in [0.15, 0.2) is 0 Å². The molecule has 0 spiro atoms. The molecule has 1 rings (SSSR count). The zero-order valence-electron chi connectivity index (χ0n) is 7.34. The summed E-state index contributed by atoms with van der Waals surface area (Å²) in [7, 11) is 0. The summed E-state index contributed by atoms with van der Waals surface area (Å²) < 4.78 is 0. The molecule has 0 aliphatic carbocycles. The molecule has 1 aliphatic heterocycles. The second-order valence-corrected chi connectivity index (χ2v) is 3.08. The van der Waals surface area contributed by atoms with Gasteiger partial charge in [-0.25, -0.2) is 0 Å². The van der Waals surface area contributed by atoms with Gasteiger partial charge in [-0.15, -0.1) is 6.58 Å². The highest BCUT2D eigenvalue weighted by Gasteiger charge is 2.19. The van der Waals surface area contributed by atoms with E-state index < -0.39 is 0 Å². The van der Waals surface area contributed by atoms with E-state index in [4.69, 9.17) is 0 Å². The summed E-state index contributed by atoms with van der Waals surface area (Å²) in [6.45, 7) is 10.5. The van der Waals surface area contributed by atoms with Gasteiger partial charge in [-0.1, -0.05) is 13.0 Å². The van der Waals surface area contributed by atoms with Crippen molar-refractivity contribution in [2.75, 3.05) is 26.2 Å². The second-order valence-electron chi connectivity index (χ2n) is 3.08. The van der Waals surface area contributed by atoms with Gasteiger partial charge in [0, 0.05) is 19.1 Å². The molecule has 1 saturated heterocycles. The van der Waals surface area contributed by atoms with Gasteiger partial charge in [0.2, 0.25) is 0 Å². The number of likely N-dealkylation sites (tertiary alicyclic amines) is 1. The Kier molecular flexibility index (Phi) is 3.60. The van der Waals surface area contributed by atoms with Crippen molar-refractivity contribution in [1.82, 2.24) is 10.2 Å². The summed E-state index contributed by atoms with van der Waals surface area (Å²) in [5.41, 5.74) is 0. The standard InChI is InChI=1S/C9H18N2/c1-3-6-10-9-5-7-11(4-2)8-9/h3,9-10H,1,4-8H2,2H3/t9-/m1/s1. The molecular weight excluding hydrogens is 136 g/mol. The Balaban J connectivity index is 2.13. The third-order valence-corrected chi connectivity index (χ3v) is 2.27. The molecule has 11 heavy (non-hydrogen) atoms. The van der Waals surface area contributed by atoms with Gasteiger partial charge in [-0.2, -0.15) is 0 Å². The van der Waals surface area contributed by atoms with Crippen molar-refractivity contribution in [3.05, 3.63) is 12.7 Å². The van der Waals surface area contributed by atoms with Crippen LogP contribution in [0.25, 0.3) is 0 Å². The molecule has 1 fully saturated rings. The first-order valence-electron chi connectivity index (χ1n) is 4.43. The summed E-state index contributed by atoms with van der Waals surface area (Å²) in [6.07, 6.45) is 3.22. The SMILES string of the molecule is C=CCN[C@@H]1CCN(CC)C1. The minimum Gasteiger partial charge on any atom is -0.309 e. The van der Waals surface area contributed by atoms with Crippen molar-refractivity contribution in [3.63, 3.8) is 0 Å². The van der Waals surface area contributed by atoms with E-state index >= 15 is 0 Å². The lowest BCUT2D eigenvalue weighted by Gasteiger charge is -2.13. The van der Waals surface area contributed by atoms with Crippen molar-refractivity contribution in [2.24, 2.45) is 0 Å². The molecular formula is C9H18N2. The lowest BCUT2D eigenvalue weighted by atomic mass is 10.2. The Morgan fingerprint density at radius 2 is 2.55 bits per heavy atom. The summed E-state index contributed by atoms with van der Waals surface area (Å²) in [6, 6.07) is 0.702. The fourth-order valence-electron chi connectivity index (χ4n) is 1.54. The van der Waals surface area contributed by atoms with E-state index in [1.54, 1.807) is 0 Å². The molecule has 0 saturated carbocycles. The molecule has 0 radical (unpaired) electrons. The second kappa shape index (κ2) is 4.52. The molecule has 1 aliphatic rings. The molecule has 1 heterocycles. The minimum atomic E-state index is 0.702. The van der Waals surface area contributed by atoms with Crippen LogP contribution >= 0.6 is 0 Å². The van der Waals surface area contributed by atoms with Gasteiger partial charge >= 0.3 is 0 Å². The molecule has 0 unspecified atom stereocenters.